The van der Waals surface area contributed by atoms with E-state index in [9.17, 15) is 14.9 Å². The van der Waals surface area contributed by atoms with Gasteiger partial charge in [-0.25, -0.2) is 0 Å². The Balaban J connectivity index is 2.32. The van der Waals surface area contributed by atoms with Crippen molar-refractivity contribution in [1.82, 2.24) is 4.90 Å². The minimum absolute atomic E-state index is 0.115. The first-order valence-corrected chi connectivity index (χ1v) is 6.96. The summed E-state index contributed by atoms with van der Waals surface area (Å²) in [6, 6.07) is 4.07. The lowest BCUT2D eigenvalue weighted by Gasteiger charge is -2.35. The molecule has 7 nitrogen and oxygen atoms in total. The molecule has 21 heavy (non-hydrogen) atoms. The van der Waals surface area contributed by atoms with Crippen molar-refractivity contribution in [2.75, 3.05) is 18.5 Å². The summed E-state index contributed by atoms with van der Waals surface area (Å²) in [5, 5.41) is 10.9. The normalized spacial score (nSPS) is 22.0. The predicted molar refractivity (Wildman–Crippen MR) is 79.8 cm³/mol. The van der Waals surface area contributed by atoms with Crippen LogP contribution >= 0.6 is 0 Å². The second kappa shape index (κ2) is 6.09. The van der Waals surface area contributed by atoms with Gasteiger partial charge in [-0.2, -0.15) is 0 Å². The molecule has 0 aromatic heterocycles. The summed E-state index contributed by atoms with van der Waals surface area (Å²) in [6.07, 6.45) is 1.08. The number of hydrogen-bond donors (Lipinski definition) is 2. The molecule has 1 amide bonds. The number of rotatable bonds is 3. The van der Waals surface area contributed by atoms with Gasteiger partial charge in [0.2, 0.25) is 0 Å². The number of nitro groups is 1. The third-order valence-corrected chi connectivity index (χ3v) is 3.76. The number of benzene rings is 1. The van der Waals surface area contributed by atoms with E-state index in [1.165, 1.54) is 18.2 Å². The van der Waals surface area contributed by atoms with Gasteiger partial charge in [-0.1, -0.05) is 13.8 Å². The average molecular weight is 292 g/mol. The number of hydrogen-bond acceptors (Lipinski definition) is 5. The van der Waals surface area contributed by atoms with Crippen molar-refractivity contribution in [2.24, 2.45) is 17.7 Å². The molecule has 114 valence electrons. The highest BCUT2D eigenvalue weighted by Gasteiger charge is 2.28. The molecular weight excluding hydrogens is 272 g/mol. The fraction of sp³-hybridized carbons (Fsp3) is 0.500. The van der Waals surface area contributed by atoms with E-state index in [2.05, 4.69) is 19.3 Å². The number of nitro benzene ring substituents is 1. The summed E-state index contributed by atoms with van der Waals surface area (Å²) < 4.78 is 0. The molecule has 7 heteroatoms. The number of nitrogens with one attached hydrogen (secondary N) is 1. The lowest BCUT2D eigenvalue weighted by Crippen LogP contribution is -2.42. The van der Waals surface area contributed by atoms with E-state index < -0.39 is 4.92 Å². The van der Waals surface area contributed by atoms with E-state index in [1.54, 1.807) is 4.90 Å². The number of nitrogen functional groups attached to an aromatic ring is 1. The number of anilines is 1. The molecule has 1 saturated heterocycles. The van der Waals surface area contributed by atoms with Gasteiger partial charge in [-0.3, -0.25) is 20.8 Å². The summed E-state index contributed by atoms with van der Waals surface area (Å²) in [5.74, 6) is 6.03. The van der Waals surface area contributed by atoms with E-state index >= 15 is 0 Å². The van der Waals surface area contributed by atoms with Crippen molar-refractivity contribution in [3.8, 4) is 0 Å². The molecule has 2 unspecified atom stereocenters. The van der Waals surface area contributed by atoms with E-state index in [1.807, 2.05) is 0 Å². The summed E-state index contributed by atoms with van der Waals surface area (Å²) >= 11 is 0. The van der Waals surface area contributed by atoms with Crippen molar-refractivity contribution in [3.63, 3.8) is 0 Å². The Morgan fingerprint density at radius 3 is 2.52 bits per heavy atom. The number of carbonyl (C=O) groups excluding carboxylic acids is 1. The third kappa shape index (κ3) is 3.30. The van der Waals surface area contributed by atoms with Gasteiger partial charge in [0, 0.05) is 25.2 Å². The fourth-order valence-corrected chi connectivity index (χ4v) is 2.95. The minimum Gasteiger partial charge on any atom is -0.338 e. The molecule has 1 aromatic carbocycles. The maximum atomic E-state index is 12.7. The number of piperidine rings is 1. The van der Waals surface area contributed by atoms with Gasteiger partial charge in [0.1, 0.15) is 0 Å². The number of likely N-dealkylation sites (tertiary alicyclic amines) is 1. The molecule has 1 heterocycles. The van der Waals surface area contributed by atoms with Crippen LogP contribution in [0.5, 0.6) is 0 Å². The third-order valence-electron chi connectivity index (χ3n) is 3.76. The van der Waals surface area contributed by atoms with Crippen LogP contribution in [0.2, 0.25) is 0 Å². The monoisotopic (exact) mass is 292 g/mol. The Kier molecular flexibility index (Phi) is 4.42. The molecule has 0 saturated carbocycles. The fourth-order valence-electron chi connectivity index (χ4n) is 2.95. The van der Waals surface area contributed by atoms with Gasteiger partial charge in [0.25, 0.3) is 11.6 Å². The largest absolute Gasteiger partial charge is 0.338 e. The molecular formula is C14H20N4O3. The van der Waals surface area contributed by atoms with Gasteiger partial charge in [0.05, 0.1) is 16.2 Å². The second-order valence-electron chi connectivity index (χ2n) is 5.79. The molecule has 2 rings (SSSR count). The molecule has 0 radical (unpaired) electrons. The van der Waals surface area contributed by atoms with E-state index in [-0.39, 0.29) is 17.2 Å². The molecule has 1 fully saturated rings. The number of carbonyl (C=O) groups is 1. The molecule has 0 spiro atoms. The lowest BCUT2D eigenvalue weighted by atomic mass is 9.91. The van der Waals surface area contributed by atoms with Gasteiger partial charge >= 0.3 is 0 Å². The van der Waals surface area contributed by atoms with Gasteiger partial charge in [0.15, 0.2) is 0 Å². The number of amides is 1. The Labute approximate surface area is 123 Å². The minimum atomic E-state index is -0.515. The zero-order chi connectivity index (χ0) is 15.6. The molecule has 0 aliphatic carbocycles. The summed E-state index contributed by atoms with van der Waals surface area (Å²) in [6.45, 7) is 5.53. The summed E-state index contributed by atoms with van der Waals surface area (Å²) in [7, 11) is 0. The van der Waals surface area contributed by atoms with Gasteiger partial charge in [-0.15, -0.1) is 0 Å². The highest BCUT2D eigenvalue weighted by molar-refractivity contribution is 6.00. The Morgan fingerprint density at radius 1 is 1.38 bits per heavy atom. The number of non-ortho nitro benzene ring substituents is 1. The van der Waals surface area contributed by atoms with Crippen molar-refractivity contribution in [3.05, 3.63) is 33.9 Å². The highest BCUT2D eigenvalue weighted by Crippen LogP contribution is 2.27. The van der Waals surface area contributed by atoms with E-state index in [4.69, 9.17) is 5.84 Å². The predicted octanol–water partition coefficient (Wildman–Crippen LogP) is 2.00. The van der Waals surface area contributed by atoms with Crippen LogP contribution in [-0.4, -0.2) is 28.8 Å². The highest BCUT2D eigenvalue weighted by atomic mass is 16.6. The van der Waals surface area contributed by atoms with Gasteiger partial charge in [-0.05, 0) is 24.3 Å². The maximum absolute atomic E-state index is 12.7. The van der Waals surface area contributed by atoms with Crippen LogP contribution in [0.3, 0.4) is 0 Å². The SMILES string of the molecule is CC1CC(C)CN(C(=O)c2cc([N+](=O)[O-])ccc2NN)C1. The van der Waals surface area contributed by atoms with Crippen LogP contribution in [0.15, 0.2) is 18.2 Å². The van der Waals surface area contributed by atoms with Crippen LogP contribution in [0, 0.1) is 22.0 Å². The quantitative estimate of drug-likeness (QED) is 0.504. The molecule has 1 aromatic rings. The molecule has 0 bridgehead atoms. The van der Waals surface area contributed by atoms with Crippen LogP contribution in [0.1, 0.15) is 30.6 Å². The first-order chi connectivity index (χ1) is 9.92. The van der Waals surface area contributed by atoms with Crippen LogP contribution in [-0.2, 0) is 0 Å². The number of hydrazine groups is 1. The van der Waals surface area contributed by atoms with Crippen molar-refractivity contribution < 1.29 is 9.72 Å². The molecule has 3 N–H and O–H groups in total. The summed E-state index contributed by atoms with van der Waals surface area (Å²) in [4.78, 5) is 24.8. The molecule has 1 aliphatic heterocycles. The average Bonchev–Trinajstić information content (AvgIpc) is 2.44. The maximum Gasteiger partial charge on any atom is 0.270 e. The molecule has 1 aliphatic rings. The van der Waals surface area contributed by atoms with Gasteiger partial charge < -0.3 is 10.3 Å². The first kappa shape index (κ1) is 15.2. The van der Waals surface area contributed by atoms with E-state index in [0.717, 1.165) is 6.42 Å². The van der Waals surface area contributed by atoms with Crippen LogP contribution in [0.4, 0.5) is 11.4 Å². The Morgan fingerprint density at radius 2 is 2.00 bits per heavy atom. The van der Waals surface area contributed by atoms with E-state index in [0.29, 0.717) is 30.6 Å². The van der Waals surface area contributed by atoms with Crippen LogP contribution < -0.4 is 11.3 Å². The zero-order valence-corrected chi connectivity index (χ0v) is 12.2. The number of nitrogens with two attached hydrogens (primary N) is 1. The van der Waals surface area contributed by atoms with Crippen LogP contribution in [0.25, 0.3) is 0 Å². The number of nitrogens with zero attached hydrogens (tertiary/aromatic N) is 2. The second-order valence-corrected chi connectivity index (χ2v) is 5.79. The summed E-state index contributed by atoms with van der Waals surface area (Å²) in [5.41, 5.74) is 2.96. The lowest BCUT2D eigenvalue weighted by molar-refractivity contribution is -0.384. The van der Waals surface area contributed by atoms with Crippen molar-refractivity contribution in [1.29, 1.82) is 0 Å². The smallest absolute Gasteiger partial charge is 0.270 e. The standard InChI is InChI=1S/C14H20N4O3/c1-9-5-10(2)8-17(7-9)14(19)12-6-11(18(20)21)3-4-13(12)16-15/h3-4,6,9-10,16H,5,7-8,15H2,1-2H3. The first-order valence-electron chi connectivity index (χ1n) is 6.96. The van der Waals surface area contributed by atoms with Crippen molar-refractivity contribution in [2.45, 2.75) is 20.3 Å². The Hall–Kier alpha value is -2.15. The van der Waals surface area contributed by atoms with Crippen molar-refractivity contribution >= 4 is 17.3 Å². The molecule has 2 atom stereocenters. The topological polar surface area (TPSA) is 102 Å². The Bertz CT molecular complexity index is 551. The zero-order valence-electron chi connectivity index (χ0n) is 12.2.